The van der Waals surface area contributed by atoms with Gasteiger partial charge >= 0.3 is 0 Å². The van der Waals surface area contributed by atoms with Gasteiger partial charge in [-0.15, -0.1) is 0 Å². The first-order valence-electron chi connectivity index (χ1n) is 8.22. The number of likely N-dealkylation sites (tertiary alicyclic amines) is 1. The van der Waals surface area contributed by atoms with E-state index in [9.17, 15) is 0 Å². The SMILES string of the molecule is CC1(C)CCSCC1N1CCCC(C2CCCN2)C1. The van der Waals surface area contributed by atoms with Gasteiger partial charge in [-0.25, -0.2) is 0 Å². The second-order valence-electron chi connectivity index (χ2n) is 7.43. The van der Waals surface area contributed by atoms with E-state index < -0.39 is 0 Å². The highest BCUT2D eigenvalue weighted by Crippen LogP contribution is 2.39. The summed E-state index contributed by atoms with van der Waals surface area (Å²) in [6.45, 7) is 8.94. The monoisotopic (exact) mass is 282 g/mol. The van der Waals surface area contributed by atoms with Crippen molar-refractivity contribution in [2.45, 2.75) is 58.0 Å². The molecular weight excluding hydrogens is 252 g/mol. The fraction of sp³-hybridized carbons (Fsp3) is 1.00. The smallest absolute Gasteiger partial charge is 0.0237 e. The minimum absolute atomic E-state index is 0.524. The highest BCUT2D eigenvalue weighted by Gasteiger charge is 2.39. The zero-order valence-electron chi connectivity index (χ0n) is 12.7. The maximum absolute atomic E-state index is 3.74. The molecule has 2 nitrogen and oxygen atoms in total. The fourth-order valence-electron chi connectivity index (χ4n) is 4.29. The van der Waals surface area contributed by atoms with Gasteiger partial charge in [0.15, 0.2) is 0 Å². The molecule has 0 spiro atoms. The van der Waals surface area contributed by atoms with Gasteiger partial charge in [0.2, 0.25) is 0 Å². The van der Waals surface area contributed by atoms with E-state index in [1.807, 2.05) is 0 Å². The van der Waals surface area contributed by atoms with Crippen molar-refractivity contribution in [3.63, 3.8) is 0 Å². The zero-order valence-corrected chi connectivity index (χ0v) is 13.5. The van der Waals surface area contributed by atoms with Crippen LogP contribution in [0, 0.1) is 11.3 Å². The van der Waals surface area contributed by atoms with Crippen molar-refractivity contribution in [2.75, 3.05) is 31.1 Å². The summed E-state index contributed by atoms with van der Waals surface area (Å²) in [5.41, 5.74) is 0.524. The third-order valence-electron chi connectivity index (χ3n) is 5.67. The van der Waals surface area contributed by atoms with Gasteiger partial charge in [0.1, 0.15) is 0 Å². The van der Waals surface area contributed by atoms with Crippen LogP contribution < -0.4 is 5.32 Å². The Bertz CT molecular complexity index is 299. The Kier molecular flexibility index (Phi) is 4.45. The lowest BCUT2D eigenvalue weighted by Crippen LogP contribution is -2.54. The summed E-state index contributed by atoms with van der Waals surface area (Å²) < 4.78 is 0. The maximum Gasteiger partial charge on any atom is 0.0237 e. The lowest BCUT2D eigenvalue weighted by molar-refractivity contribution is 0.0496. The molecule has 3 unspecified atom stereocenters. The minimum Gasteiger partial charge on any atom is -0.314 e. The van der Waals surface area contributed by atoms with Crippen molar-refractivity contribution >= 4 is 11.8 Å². The van der Waals surface area contributed by atoms with Crippen LogP contribution in [0.15, 0.2) is 0 Å². The quantitative estimate of drug-likeness (QED) is 0.838. The van der Waals surface area contributed by atoms with Crippen molar-refractivity contribution in [3.8, 4) is 0 Å². The minimum atomic E-state index is 0.524. The van der Waals surface area contributed by atoms with Crippen molar-refractivity contribution < 1.29 is 0 Å². The highest BCUT2D eigenvalue weighted by atomic mass is 32.2. The molecule has 0 amide bonds. The predicted molar refractivity (Wildman–Crippen MR) is 84.8 cm³/mol. The molecule has 3 aliphatic rings. The van der Waals surface area contributed by atoms with E-state index in [1.165, 1.54) is 63.2 Å². The molecule has 1 N–H and O–H groups in total. The van der Waals surface area contributed by atoms with Gasteiger partial charge in [0, 0.05) is 24.4 Å². The van der Waals surface area contributed by atoms with Crippen molar-refractivity contribution in [3.05, 3.63) is 0 Å². The molecule has 0 radical (unpaired) electrons. The summed E-state index contributed by atoms with van der Waals surface area (Å²) in [6.07, 6.45) is 7.08. The van der Waals surface area contributed by atoms with E-state index in [1.54, 1.807) is 0 Å². The van der Waals surface area contributed by atoms with Crippen LogP contribution in [0.3, 0.4) is 0 Å². The van der Waals surface area contributed by atoms with Gasteiger partial charge in [-0.1, -0.05) is 13.8 Å². The van der Waals surface area contributed by atoms with Gasteiger partial charge in [-0.05, 0) is 62.3 Å². The average molecular weight is 282 g/mol. The first-order chi connectivity index (χ1) is 9.17. The normalized spacial score (nSPS) is 40.4. The molecule has 0 bridgehead atoms. The molecule has 3 rings (SSSR count). The summed E-state index contributed by atoms with van der Waals surface area (Å²) >= 11 is 2.18. The maximum atomic E-state index is 3.74. The lowest BCUT2D eigenvalue weighted by atomic mass is 9.79. The molecule has 3 fully saturated rings. The Morgan fingerprint density at radius 1 is 1.21 bits per heavy atom. The molecule has 3 atom stereocenters. The molecule has 3 heterocycles. The van der Waals surface area contributed by atoms with Crippen LogP contribution in [0.5, 0.6) is 0 Å². The van der Waals surface area contributed by atoms with Crippen molar-refractivity contribution in [1.82, 2.24) is 10.2 Å². The molecule has 3 aliphatic heterocycles. The average Bonchev–Trinajstić information content (AvgIpc) is 2.92. The van der Waals surface area contributed by atoms with Crippen LogP contribution in [0.4, 0.5) is 0 Å². The lowest BCUT2D eigenvalue weighted by Gasteiger charge is -2.48. The van der Waals surface area contributed by atoms with Crippen molar-refractivity contribution in [2.24, 2.45) is 11.3 Å². The topological polar surface area (TPSA) is 15.3 Å². The van der Waals surface area contributed by atoms with Crippen molar-refractivity contribution in [1.29, 1.82) is 0 Å². The predicted octanol–water partition coefficient (Wildman–Crippen LogP) is 2.98. The first-order valence-corrected chi connectivity index (χ1v) is 9.37. The van der Waals surface area contributed by atoms with Gasteiger partial charge in [-0.2, -0.15) is 11.8 Å². The number of thioether (sulfide) groups is 1. The van der Waals surface area contributed by atoms with Gasteiger partial charge in [0.05, 0.1) is 0 Å². The Balaban J connectivity index is 1.63. The summed E-state index contributed by atoms with van der Waals surface area (Å²) in [7, 11) is 0. The molecule has 0 aliphatic carbocycles. The van der Waals surface area contributed by atoms with Crippen LogP contribution in [0.1, 0.15) is 46.0 Å². The fourth-order valence-corrected chi connectivity index (χ4v) is 6.01. The molecule has 110 valence electrons. The van der Waals surface area contributed by atoms with E-state index in [2.05, 4.69) is 35.8 Å². The van der Waals surface area contributed by atoms with E-state index in [0.717, 1.165) is 18.0 Å². The van der Waals surface area contributed by atoms with Crippen LogP contribution >= 0.6 is 11.8 Å². The number of rotatable bonds is 2. The molecule has 3 saturated heterocycles. The van der Waals surface area contributed by atoms with Crippen LogP contribution in [-0.2, 0) is 0 Å². The highest BCUT2D eigenvalue weighted by molar-refractivity contribution is 7.99. The molecule has 0 saturated carbocycles. The molecule has 19 heavy (non-hydrogen) atoms. The van der Waals surface area contributed by atoms with E-state index in [4.69, 9.17) is 0 Å². The third kappa shape index (κ3) is 3.14. The zero-order chi connectivity index (χ0) is 13.3. The van der Waals surface area contributed by atoms with E-state index in [0.29, 0.717) is 5.41 Å². The molecule has 0 aromatic heterocycles. The van der Waals surface area contributed by atoms with Gasteiger partial charge in [0.25, 0.3) is 0 Å². The third-order valence-corrected chi connectivity index (χ3v) is 6.71. The number of nitrogens with zero attached hydrogens (tertiary/aromatic N) is 1. The summed E-state index contributed by atoms with van der Waals surface area (Å²) in [5.74, 6) is 3.64. The number of nitrogens with one attached hydrogen (secondary N) is 1. The Morgan fingerprint density at radius 3 is 2.84 bits per heavy atom. The molecule has 0 aromatic carbocycles. The number of hydrogen-bond acceptors (Lipinski definition) is 3. The Morgan fingerprint density at radius 2 is 2.11 bits per heavy atom. The van der Waals surface area contributed by atoms with Gasteiger partial charge in [-0.3, -0.25) is 4.90 Å². The molecule has 0 aromatic rings. The van der Waals surface area contributed by atoms with E-state index in [-0.39, 0.29) is 0 Å². The summed E-state index contributed by atoms with van der Waals surface area (Å²) in [6, 6.07) is 1.64. The second kappa shape index (κ2) is 5.95. The summed E-state index contributed by atoms with van der Waals surface area (Å²) in [5, 5.41) is 3.74. The van der Waals surface area contributed by atoms with Crippen LogP contribution in [-0.4, -0.2) is 48.1 Å². The van der Waals surface area contributed by atoms with Crippen LogP contribution in [0.2, 0.25) is 0 Å². The second-order valence-corrected chi connectivity index (χ2v) is 8.58. The Labute approximate surface area is 123 Å². The summed E-state index contributed by atoms with van der Waals surface area (Å²) in [4.78, 5) is 2.85. The standard InChI is InChI=1S/C16H30N2S/c1-16(2)7-10-19-12-15(16)18-9-4-5-13(11-18)14-6-3-8-17-14/h13-15,17H,3-12H2,1-2H3. The molecule has 3 heteroatoms. The van der Waals surface area contributed by atoms with Crippen LogP contribution in [0.25, 0.3) is 0 Å². The largest absolute Gasteiger partial charge is 0.314 e. The van der Waals surface area contributed by atoms with Gasteiger partial charge < -0.3 is 5.32 Å². The first kappa shape index (κ1) is 14.2. The van der Waals surface area contributed by atoms with E-state index >= 15 is 0 Å². The Hall–Kier alpha value is 0.270. The molecular formula is C16H30N2S. The number of piperidine rings is 1. The number of hydrogen-bond donors (Lipinski definition) is 1.